The smallest absolute Gasteiger partial charge is 0.394 e. The average molecular weight is 135 g/mol. The summed E-state index contributed by atoms with van der Waals surface area (Å²) >= 11 is 0. The van der Waals surface area contributed by atoms with Crippen LogP contribution in [0.3, 0.4) is 0 Å². The molecular formula is C4H9NO4. The van der Waals surface area contributed by atoms with Crippen LogP contribution in [-0.4, -0.2) is 29.0 Å². The van der Waals surface area contributed by atoms with E-state index >= 15 is 0 Å². The van der Waals surface area contributed by atoms with Crippen LogP contribution >= 0.6 is 0 Å². The molecule has 5 nitrogen and oxygen atoms in total. The lowest BCUT2D eigenvalue weighted by Crippen LogP contribution is -2.30. The third kappa shape index (κ3) is 4.76. The number of likely N-dealkylation sites (N-methyl/N-ethyl adjacent to an activating group) is 1. The number of rotatable bonds is 1. The number of carbonyl (C=O) groups is 2. The Kier molecular flexibility index (Phi) is 6.06. The molecule has 0 aromatic carbocycles. The molecule has 0 aromatic heterocycles. The van der Waals surface area contributed by atoms with E-state index in [4.69, 9.17) is 5.11 Å². The molecule has 0 aliphatic carbocycles. The lowest BCUT2D eigenvalue weighted by Gasteiger charge is -1.91. The van der Waals surface area contributed by atoms with Crippen molar-refractivity contribution in [1.82, 2.24) is 5.32 Å². The first kappa shape index (κ1) is 10.8. The summed E-state index contributed by atoms with van der Waals surface area (Å²) in [6.45, 7) is 2.01. The summed E-state index contributed by atoms with van der Waals surface area (Å²) in [6, 6.07) is 0. The molecule has 0 aliphatic rings. The summed E-state index contributed by atoms with van der Waals surface area (Å²) in [7, 11) is 0. The second-order valence-electron chi connectivity index (χ2n) is 1.16. The number of carboxylic acid groups (broad SMARTS) is 1. The van der Waals surface area contributed by atoms with Gasteiger partial charge in [-0.25, -0.2) is 4.79 Å². The highest BCUT2D eigenvalue weighted by molar-refractivity contribution is 6.31. The molecular weight excluding hydrogens is 126 g/mol. The number of hydrogen-bond donors (Lipinski definition) is 2. The monoisotopic (exact) mass is 135 g/mol. The maximum atomic E-state index is 10.0. The molecule has 0 atom stereocenters. The molecule has 54 valence electrons. The largest absolute Gasteiger partial charge is 0.474 e. The van der Waals surface area contributed by atoms with E-state index in [1.165, 1.54) is 0 Å². The molecule has 0 saturated carbocycles. The fourth-order valence-corrected chi connectivity index (χ4v) is 0.236. The van der Waals surface area contributed by atoms with Gasteiger partial charge in [-0.05, 0) is 6.92 Å². The van der Waals surface area contributed by atoms with Crippen LogP contribution in [0.2, 0.25) is 0 Å². The van der Waals surface area contributed by atoms with E-state index < -0.39 is 11.9 Å². The van der Waals surface area contributed by atoms with Crippen LogP contribution in [0.1, 0.15) is 6.92 Å². The molecule has 0 aliphatic heterocycles. The first-order valence-electron chi connectivity index (χ1n) is 2.19. The van der Waals surface area contributed by atoms with E-state index in [2.05, 4.69) is 5.32 Å². The fraction of sp³-hybridized carbons (Fsp3) is 0.500. The first-order chi connectivity index (χ1) is 3.68. The van der Waals surface area contributed by atoms with Crippen LogP contribution in [-0.2, 0) is 9.59 Å². The van der Waals surface area contributed by atoms with Gasteiger partial charge in [0.1, 0.15) is 0 Å². The minimum Gasteiger partial charge on any atom is -0.474 e. The minimum absolute atomic E-state index is 0. The summed E-state index contributed by atoms with van der Waals surface area (Å²) in [6.07, 6.45) is 0. The summed E-state index contributed by atoms with van der Waals surface area (Å²) in [5.41, 5.74) is 0. The third-order valence-electron chi connectivity index (χ3n) is 0.532. The fourth-order valence-electron chi connectivity index (χ4n) is 0.236. The quantitative estimate of drug-likeness (QED) is 0.423. The topological polar surface area (TPSA) is 97.9 Å². The molecule has 1 amide bonds. The Labute approximate surface area is 52.0 Å². The van der Waals surface area contributed by atoms with Crippen LogP contribution in [0.5, 0.6) is 0 Å². The van der Waals surface area contributed by atoms with Gasteiger partial charge in [-0.15, -0.1) is 0 Å². The molecule has 0 saturated heterocycles. The van der Waals surface area contributed by atoms with E-state index in [1.807, 2.05) is 0 Å². The number of carboxylic acids is 1. The summed E-state index contributed by atoms with van der Waals surface area (Å²) in [5, 5.41) is 10.0. The van der Waals surface area contributed by atoms with Crippen molar-refractivity contribution in [2.24, 2.45) is 0 Å². The van der Waals surface area contributed by atoms with Crippen molar-refractivity contribution in [3.05, 3.63) is 0 Å². The van der Waals surface area contributed by atoms with E-state index in [9.17, 15) is 9.59 Å². The normalized spacial score (nSPS) is 7.22. The van der Waals surface area contributed by atoms with Gasteiger partial charge in [0, 0.05) is 6.54 Å². The number of amides is 1. The highest BCUT2D eigenvalue weighted by atomic mass is 16.4. The van der Waals surface area contributed by atoms with E-state index in [0.717, 1.165) is 0 Å². The number of carbonyl (C=O) groups excluding carboxylic acids is 1. The van der Waals surface area contributed by atoms with Crippen LogP contribution in [0.25, 0.3) is 0 Å². The molecule has 0 radical (unpaired) electrons. The van der Waals surface area contributed by atoms with Crippen LogP contribution in [0, 0.1) is 0 Å². The molecule has 4 N–H and O–H groups in total. The van der Waals surface area contributed by atoms with Gasteiger partial charge in [0.15, 0.2) is 0 Å². The van der Waals surface area contributed by atoms with Gasteiger partial charge in [0.05, 0.1) is 0 Å². The lowest BCUT2D eigenvalue weighted by atomic mass is 10.6. The highest BCUT2D eigenvalue weighted by Crippen LogP contribution is 1.62. The average Bonchev–Trinajstić information content (AvgIpc) is 1.67. The molecule has 5 heteroatoms. The zero-order chi connectivity index (χ0) is 6.57. The predicted octanol–water partition coefficient (Wildman–Crippen LogP) is -1.62. The Balaban J connectivity index is 0. The van der Waals surface area contributed by atoms with Crippen molar-refractivity contribution in [1.29, 1.82) is 0 Å². The highest BCUT2D eigenvalue weighted by Gasteiger charge is 2.06. The molecule has 0 spiro atoms. The second-order valence-corrected chi connectivity index (χ2v) is 1.16. The summed E-state index contributed by atoms with van der Waals surface area (Å²) < 4.78 is 0. The van der Waals surface area contributed by atoms with Crippen molar-refractivity contribution in [3.63, 3.8) is 0 Å². The van der Waals surface area contributed by atoms with Gasteiger partial charge >= 0.3 is 11.9 Å². The van der Waals surface area contributed by atoms with Crippen LogP contribution in [0.4, 0.5) is 0 Å². The van der Waals surface area contributed by atoms with E-state index in [0.29, 0.717) is 6.54 Å². The van der Waals surface area contributed by atoms with Crippen molar-refractivity contribution in [2.45, 2.75) is 6.92 Å². The van der Waals surface area contributed by atoms with E-state index in [1.54, 1.807) is 6.92 Å². The number of nitrogens with one attached hydrogen (secondary N) is 1. The summed E-state index contributed by atoms with van der Waals surface area (Å²) in [4.78, 5) is 19.7. The standard InChI is InChI=1S/C4H7NO3.H2O/c1-2-5-3(6)4(7)8;/h2H2,1H3,(H,5,6)(H,7,8);1H2. The Morgan fingerprint density at radius 1 is 1.56 bits per heavy atom. The molecule has 9 heavy (non-hydrogen) atoms. The third-order valence-corrected chi connectivity index (χ3v) is 0.532. The lowest BCUT2D eigenvalue weighted by molar-refractivity contribution is -0.150. The molecule has 0 fully saturated rings. The van der Waals surface area contributed by atoms with Gasteiger partial charge in [0.25, 0.3) is 0 Å². The number of hydrogen-bond acceptors (Lipinski definition) is 2. The first-order valence-corrected chi connectivity index (χ1v) is 2.19. The van der Waals surface area contributed by atoms with Gasteiger partial charge in [0.2, 0.25) is 0 Å². The minimum atomic E-state index is -1.44. The SMILES string of the molecule is CCNC(=O)C(=O)O.O. The maximum Gasteiger partial charge on any atom is 0.394 e. The van der Waals surface area contributed by atoms with Gasteiger partial charge < -0.3 is 15.9 Å². The zero-order valence-corrected chi connectivity index (χ0v) is 4.97. The van der Waals surface area contributed by atoms with E-state index in [-0.39, 0.29) is 5.48 Å². The van der Waals surface area contributed by atoms with Gasteiger partial charge in [-0.2, -0.15) is 0 Å². The Morgan fingerprint density at radius 2 is 2.00 bits per heavy atom. The second kappa shape index (κ2) is 5.04. The van der Waals surface area contributed by atoms with Crippen LogP contribution in [0.15, 0.2) is 0 Å². The van der Waals surface area contributed by atoms with Crippen LogP contribution < -0.4 is 5.32 Å². The van der Waals surface area contributed by atoms with Crippen molar-refractivity contribution in [2.75, 3.05) is 6.54 Å². The van der Waals surface area contributed by atoms with Crippen molar-refractivity contribution >= 4 is 11.9 Å². The Bertz CT molecular complexity index is 111. The zero-order valence-electron chi connectivity index (χ0n) is 4.97. The van der Waals surface area contributed by atoms with Gasteiger partial charge in [-0.1, -0.05) is 0 Å². The van der Waals surface area contributed by atoms with Crippen molar-refractivity contribution in [3.8, 4) is 0 Å². The molecule has 0 bridgehead atoms. The molecule has 0 rings (SSSR count). The Hall–Kier alpha value is -1.10. The molecule has 0 unspecified atom stereocenters. The Morgan fingerprint density at radius 3 is 2.11 bits per heavy atom. The maximum absolute atomic E-state index is 10.0. The van der Waals surface area contributed by atoms with Crippen molar-refractivity contribution < 1.29 is 20.2 Å². The van der Waals surface area contributed by atoms with Gasteiger partial charge in [-0.3, -0.25) is 4.79 Å². The molecule has 0 aromatic rings. The number of aliphatic carboxylic acids is 1. The predicted molar refractivity (Wildman–Crippen MR) is 29.9 cm³/mol. The summed E-state index contributed by atoms with van der Waals surface area (Å²) in [5.74, 6) is -2.39. The molecule has 0 heterocycles.